The Bertz CT molecular complexity index is 458. The van der Waals surface area contributed by atoms with Crippen molar-refractivity contribution < 1.29 is 14.8 Å². The van der Waals surface area contributed by atoms with Crippen molar-refractivity contribution in [3.05, 3.63) is 28.3 Å². The molecule has 1 atom stereocenters. The van der Waals surface area contributed by atoms with Gasteiger partial charge in [0.2, 0.25) is 5.91 Å². The number of carbonyl (C=O) groups is 1. The number of hydrogen-bond acceptors (Lipinski definition) is 5. The molecular weight excluding hydrogens is 238 g/mol. The summed E-state index contributed by atoms with van der Waals surface area (Å²) in [5.74, 6) is -1.01. The van der Waals surface area contributed by atoms with Crippen LogP contribution in [0.15, 0.2) is 18.2 Å². The minimum atomic E-state index is -0.625. The van der Waals surface area contributed by atoms with E-state index >= 15 is 0 Å². The van der Waals surface area contributed by atoms with Gasteiger partial charge in [-0.1, -0.05) is 6.92 Å². The van der Waals surface area contributed by atoms with Crippen molar-refractivity contribution in [1.82, 2.24) is 0 Å². The molecule has 1 rings (SSSR count). The summed E-state index contributed by atoms with van der Waals surface area (Å²) in [5, 5.41) is 22.5. The van der Waals surface area contributed by atoms with Crippen molar-refractivity contribution in [2.75, 3.05) is 11.9 Å². The van der Waals surface area contributed by atoms with Gasteiger partial charge in [0.05, 0.1) is 22.6 Å². The number of anilines is 1. The van der Waals surface area contributed by atoms with Gasteiger partial charge in [-0.2, -0.15) is 0 Å². The Labute approximate surface area is 104 Å². The number of nitrogens with zero attached hydrogens (tertiary/aromatic N) is 1. The van der Waals surface area contributed by atoms with E-state index in [1.54, 1.807) is 0 Å². The van der Waals surface area contributed by atoms with Crippen LogP contribution >= 0.6 is 0 Å². The lowest BCUT2D eigenvalue weighted by Crippen LogP contribution is -2.28. The van der Waals surface area contributed by atoms with Crippen LogP contribution in [0.1, 0.15) is 13.3 Å². The third kappa shape index (κ3) is 3.17. The summed E-state index contributed by atoms with van der Waals surface area (Å²) in [5.41, 5.74) is 5.32. The zero-order valence-electron chi connectivity index (χ0n) is 9.92. The van der Waals surface area contributed by atoms with Gasteiger partial charge < -0.3 is 16.2 Å². The van der Waals surface area contributed by atoms with E-state index in [-0.39, 0.29) is 35.5 Å². The molecule has 0 aliphatic rings. The van der Waals surface area contributed by atoms with Crippen molar-refractivity contribution in [2.24, 2.45) is 11.7 Å². The fourth-order valence-corrected chi connectivity index (χ4v) is 1.43. The zero-order chi connectivity index (χ0) is 13.7. The largest absolute Gasteiger partial charge is 0.506 e. The van der Waals surface area contributed by atoms with Gasteiger partial charge in [-0.15, -0.1) is 0 Å². The summed E-state index contributed by atoms with van der Waals surface area (Å²) < 4.78 is 0. The average molecular weight is 253 g/mol. The molecule has 0 saturated carbocycles. The third-order valence-electron chi connectivity index (χ3n) is 2.60. The minimum absolute atomic E-state index is 0.137. The van der Waals surface area contributed by atoms with Crippen molar-refractivity contribution in [3.8, 4) is 5.75 Å². The molecular formula is C11H15N3O4. The Morgan fingerprint density at radius 1 is 1.61 bits per heavy atom. The van der Waals surface area contributed by atoms with E-state index in [1.165, 1.54) is 12.1 Å². The highest BCUT2D eigenvalue weighted by Crippen LogP contribution is 2.28. The van der Waals surface area contributed by atoms with Gasteiger partial charge in [-0.3, -0.25) is 14.9 Å². The van der Waals surface area contributed by atoms with E-state index in [4.69, 9.17) is 5.73 Å². The molecule has 1 aromatic rings. The second kappa shape index (κ2) is 5.97. The Balaban J connectivity index is 2.86. The maximum absolute atomic E-state index is 11.7. The number of hydrogen-bond donors (Lipinski definition) is 3. The van der Waals surface area contributed by atoms with Gasteiger partial charge >= 0.3 is 0 Å². The Morgan fingerprint density at radius 2 is 2.28 bits per heavy atom. The average Bonchev–Trinajstić information content (AvgIpc) is 2.33. The number of benzene rings is 1. The maximum Gasteiger partial charge on any atom is 0.273 e. The number of phenols is 1. The van der Waals surface area contributed by atoms with Crippen molar-refractivity contribution in [2.45, 2.75) is 13.3 Å². The lowest BCUT2D eigenvalue weighted by atomic mass is 10.1. The quantitative estimate of drug-likeness (QED) is 0.414. The van der Waals surface area contributed by atoms with Crippen LogP contribution in [-0.4, -0.2) is 22.5 Å². The van der Waals surface area contributed by atoms with Gasteiger partial charge in [0, 0.05) is 12.6 Å². The van der Waals surface area contributed by atoms with Crippen LogP contribution < -0.4 is 11.1 Å². The Hall–Kier alpha value is -2.15. The van der Waals surface area contributed by atoms with E-state index in [0.29, 0.717) is 6.42 Å². The standard InChI is InChI=1S/C11H15N3O4/c1-2-7(6-12)11(16)13-9-4-3-8(14(17)18)5-10(9)15/h3-5,7,15H,2,6,12H2,1H3,(H,13,16). The number of non-ortho nitro benzene ring substituents is 1. The molecule has 0 spiro atoms. The summed E-state index contributed by atoms with van der Waals surface area (Å²) in [6, 6.07) is 3.48. The highest BCUT2D eigenvalue weighted by atomic mass is 16.6. The smallest absolute Gasteiger partial charge is 0.273 e. The van der Waals surface area contributed by atoms with Crippen LogP contribution in [0.2, 0.25) is 0 Å². The summed E-state index contributed by atoms with van der Waals surface area (Å²) in [7, 11) is 0. The molecule has 98 valence electrons. The monoisotopic (exact) mass is 253 g/mol. The lowest BCUT2D eigenvalue weighted by Gasteiger charge is -2.13. The maximum atomic E-state index is 11.7. The number of amides is 1. The van der Waals surface area contributed by atoms with E-state index < -0.39 is 4.92 Å². The minimum Gasteiger partial charge on any atom is -0.506 e. The van der Waals surface area contributed by atoms with E-state index in [2.05, 4.69) is 5.32 Å². The fourth-order valence-electron chi connectivity index (χ4n) is 1.43. The molecule has 18 heavy (non-hydrogen) atoms. The second-order valence-corrected chi connectivity index (χ2v) is 3.79. The number of rotatable bonds is 5. The Kier molecular flexibility index (Phi) is 4.61. The van der Waals surface area contributed by atoms with E-state index in [0.717, 1.165) is 6.07 Å². The SMILES string of the molecule is CCC(CN)C(=O)Nc1ccc([N+](=O)[O-])cc1O. The Morgan fingerprint density at radius 3 is 2.72 bits per heavy atom. The first kappa shape index (κ1) is 13.9. The number of nitrogens with two attached hydrogens (primary N) is 1. The molecule has 0 aromatic heterocycles. The highest BCUT2D eigenvalue weighted by molar-refractivity contribution is 5.94. The van der Waals surface area contributed by atoms with Crippen LogP contribution in [0.25, 0.3) is 0 Å². The molecule has 1 unspecified atom stereocenters. The normalized spacial score (nSPS) is 11.9. The fraction of sp³-hybridized carbons (Fsp3) is 0.364. The third-order valence-corrected chi connectivity index (χ3v) is 2.60. The highest BCUT2D eigenvalue weighted by Gasteiger charge is 2.17. The van der Waals surface area contributed by atoms with Crippen LogP contribution in [0.5, 0.6) is 5.75 Å². The van der Waals surface area contributed by atoms with Crippen molar-refractivity contribution in [1.29, 1.82) is 0 Å². The number of phenolic OH excluding ortho intramolecular Hbond substituents is 1. The van der Waals surface area contributed by atoms with Gasteiger partial charge in [0.25, 0.3) is 5.69 Å². The summed E-state index contributed by atoms with van der Waals surface area (Å²) in [6.07, 6.45) is 0.579. The first-order chi connectivity index (χ1) is 8.49. The second-order valence-electron chi connectivity index (χ2n) is 3.79. The molecule has 0 bridgehead atoms. The molecule has 0 radical (unpaired) electrons. The molecule has 0 fully saturated rings. The van der Waals surface area contributed by atoms with Crippen LogP contribution in [0.4, 0.5) is 11.4 Å². The molecule has 0 heterocycles. The number of aromatic hydroxyl groups is 1. The summed E-state index contributed by atoms with van der Waals surface area (Å²) in [4.78, 5) is 21.6. The predicted molar refractivity (Wildman–Crippen MR) is 66.2 cm³/mol. The molecule has 0 aliphatic carbocycles. The first-order valence-corrected chi connectivity index (χ1v) is 5.48. The number of nitro groups is 1. The molecule has 0 saturated heterocycles. The van der Waals surface area contributed by atoms with E-state index in [1.807, 2.05) is 6.92 Å². The summed E-state index contributed by atoms with van der Waals surface area (Å²) >= 11 is 0. The molecule has 1 aromatic carbocycles. The number of carbonyl (C=O) groups excluding carboxylic acids is 1. The van der Waals surface area contributed by atoms with Gasteiger partial charge in [-0.05, 0) is 12.5 Å². The molecule has 1 amide bonds. The van der Waals surface area contributed by atoms with Gasteiger partial charge in [0.1, 0.15) is 5.75 Å². The van der Waals surface area contributed by atoms with E-state index in [9.17, 15) is 20.0 Å². The molecule has 0 aliphatic heterocycles. The lowest BCUT2D eigenvalue weighted by molar-refractivity contribution is -0.384. The number of nitrogens with one attached hydrogen (secondary N) is 1. The van der Waals surface area contributed by atoms with Crippen molar-refractivity contribution >= 4 is 17.3 Å². The zero-order valence-corrected chi connectivity index (χ0v) is 9.92. The molecule has 7 heteroatoms. The van der Waals surface area contributed by atoms with Crippen LogP contribution in [0, 0.1) is 16.0 Å². The topological polar surface area (TPSA) is 118 Å². The van der Waals surface area contributed by atoms with Gasteiger partial charge in [-0.25, -0.2) is 0 Å². The first-order valence-electron chi connectivity index (χ1n) is 5.48. The van der Waals surface area contributed by atoms with Crippen LogP contribution in [-0.2, 0) is 4.79 Å². The molecule has 4 N–H and O–H groups in total. The van der Waals surface area contributed by atoms with Crippen molar-refractivity contribution in [3.63, 3.8) is 0 Å². The van der Waals surface area contributed by atoms with Crippen LogP contribution in [0.3, 0.4) is 0 Å². The predicted octanol–water partition coefficient (Wildman–Crippen LogP) is 1.22. The van der Waals surface area contributed by atoms with Gasteiger partial charge in [0.15, 0.2) is 0 Å². The number of nitro benzene ring substituents is 1. The molecule has 7 nitrogen and oxygen atoms in total. The summed E-state index contributed by atoms with van der Waals surface area (Å²) in [6.45, 7) is 2.03.